The van der Waals surface area contributed by atoms with Gasteiger partial charge in [-0.2, -0.15) is 13.2 Å². The summed E-state index contributed by atoms with van der Waals surface area (Å²) >= 11 is 1.38. The Bertz CT molecular complexity index is 1080. The number of hydrogen-bond donors (Lipinski definition) is 2. The zero-order valence-corrected chi connectivity index (χ0v) is 18.4. The molecule has 164 valence electrons. The van der Waals surface area contributed by atoms with Crippen LogP contribution in [-0.2, 0) is 6.18 Å². The van der Waals surface area contributed by atoms with Crippen LogP contribution < -0.4 is 10.6 Å². The van der Waals surface area contributed by atoms with Gasteiger partial charge in [0.15, 0.2) is 15.8 Å². The summed E-state index contributed by atoms with van der Waals surface area (Å²) in [6.07, 6.45) is 1.15. The van der Waals surface area contributed by atoms with Gasteiger partial charge in [0.25, 0.3) is 0 Å². The molecule has 31 heavy (non-hydrogen) atoms. The molecule has 10 heteroatoms. The van der Waals surface area contributed by atoms with E-state index in [4.69, 9.17) is 0 Å². The van der Waals surface area contributed by atoms with Gasteiger partial charge in [-0.05, 0) is 57.8 Å². The molecule has 0 aliphatic carbocycles. The summed E-state index contributed by atoms with van der Waals surface area (Å²) in [4.78, 5) is 17.2. The highest BCUT2D eigenvalue weighted by Gasteiger charge is 2.30. The zero-order chi connectivity index (χ0) is 23.0. The Balaban J connectivity index is 0.000000366. The number of halogens is 3. The van der Waals surface area contributed by atoms with Crippen LogP contribution in [0.2, 0.25) is 0 Å². The van der Waals surface area contributed by atoms with E-state index in [1.807, 2.05) is 26.0 Å². The number of fused-ring (bicyclic) bond motifs is 1. The van der Waals surface area contributed by atoms with E-state index in [1.165, 1.54) is 29.0 Å². The Morgan fingerprint density at radius 1 is 1.13 bits per heavy atom. The summed E-state index contributed by atoms with van der Waals surface area (Å²) in [6, 6.07) is 4.76. The Kier molecular flexibility index (Phi) is 8.26. The van der Waals surface area contributed by atoms with Crippen LogP contribution in [0.4, 0.5) is 29.8 Å². The SMILES string of the molecule is C=N/C=C\C=C(C)C.CNc1nc2c(Nc3ccc(C(F)(F)F)cc3)nc(C)nc2s1. The van der Waals surface area contributed by atoms with Crippen LogP contribution in [0.5, 0.6) is 0 Å². The Morgan fingerprint density at radius 2 is 1.81 bits per heavy atom. The maximum Gasteiger partial charge on any atom is 0.416 e. The number of aromatic nitrogens is 3. The van der Waals surface area contributed by atoms with Crippen molar-refractivity contribution in [1.29, 1.82) is 0 Å². The molecule has 2 N–H and O–H groups in total. The third kappa shape index (κ3) is 7.18. The highest BCUT2D eigenvalue weighted by Crippen LogP contribution is 2.32. The minimum atomic E-state index is -4.35. The van der Waals surface area contributed by atoms with Crippen molar-refractivity contribution in [2.24, 2.45) is 4.99 Å². The van der Waals surface area contributed by atoms with Crippen molar-refractivity contribution in [3.63, 3.8) is 0 Å². The summed E-state index contributed by atoms with van der Waals surface area (Å²) < 4.78 is 37.8. The lowest BCUT2D eigenvalue weighted by molar-refractivity contribution is -0.137. The topological polar surface area (TPSA) is 75.1 Å². The fourth-order valence-electron chi connectivity index (χ4n) is 2.30. The van der Waals surface area contributed by atoms with Crippen LogP contribution in [0.3, 0.4) is 0 Å². The van der Waals surface area contributed by atoms with Gasteiger partial charge < -0.3 is 10.6 Å². The predicted molar refractivity (Wildman–Crippen MR) is 122 cm³/mol. The molecule has 0 bridgehead atoms. The molecule has 6 nitrogen and oxygen atoms in total. The minimum Gasteiger partial charge on any atom is -0.365 e. The fraction of sp³-hybridized carbons (Fsp3) is 0.238. The quantitative estimate of drug-likeness (QED) is 0.351. The summed E-state index contributed by atoms with van der Waals surface area (Å²) in [5.74, 6) is 1.02. The molecule has 0 fully saturated rings. The third-order valence-corrected chi connectivity index (χ3v) is 4.65. The molecule has 0 saturated carbocycles. The van der Waals surface area contributed by atoms with Crippen molar-refractivity contribution in [3.05, 3.63) is 59.6 Å². The molecule has 0 atom stereocenters. The second kappa shape index (κ2) is 10.7. The van der Waals surface area contributed by atoms with Crippen molar-refractivity contribution in [2.75, 3.05) is 17.7 Å². The third-order valence-electron chi connectivity index (χ3n) is 3.68. The molecule has 1 aromatic carbocycles. The Hall–Kier alpha value is -3.27. The average Bonchev–Trinajstić information content (AvgIpc) is 3.11. The lowest BCUT2D eigenvalue weighted by Crippen LogP contribution is -2.04. The monoisotopic (exact) mass is 448 g/mol. The number of nitrogens with one attached hydrogen (secondary N) is 2. The molecular weight excluding hydrogens is 425 g/mol. The first kappa shape index (κ1) is 24.0. The van der Waals surface area contributed by atoms with E-state index in [0.29, 0.717) is 32.8 Å². The van der Waals surface area contributed by atoms with Gasteiger partial charge in [0.1, 0.15) is 11.3 Å². The summed E-state index contributed by atoms with van der Waals surface area (Å²) in [5, 5.41) is 6.63. The molecule has 0 amide bonds. The zero-order valence-electron chi connectivity index (χ0n) is 17.6. The normalized spacial score (nSPS) is 11.1. The fourth-order valence-corrected chi connectivity index (χ4v) is 3.14. The molecule has 2 aromatic heterocycles. The Labute approximate surface area is 182 Å². The first-order valence-electron chi connectivity index (χ1n) is 9.17. The lowest BCUT2D eigenvalue weighted by atomic mass is 10.2. The highest BCUT2D eigenvalue weighted by molar-refractivity contribution is 7.21. The number of thiazole rings is 1. The molecule has 3 aromatic rings. The van der Waals surface area contributed by atoms with Gasteiger partial charge in [-0.3, -0.25) is 4.99 Å². The number of aryl methyl sites for hydroxylation is 1. The van der Waals surface area contributed by atoms with Gasteiger partial charge in [-0.25, -0.2) is 15.0 Å². The molecule has 0 unspecified atom stereocenters. The number of anilines is 3. The van der Waals surface area contributed by atoms with Crippen LogP contribution in [0, 0.1) is 6.92 Å². The lowest BCUT2D eigenvalue weighted by Gasteiger charge is -2.09. The molecule has 2 heterocycles. The number of alkyl halides is 3. The van der Waals surface area contributed by atoms with Gasteiger partial charge in [0, 0.05) is 18.9 Å². The average molecular weight is 449 g/mol. The van der Waals surface area contributed by atoms with Crippen LogP contribution >= 0.6 is 11.3 Å². The first-order chi connectivity index (χ1) is 14.6. The predicted octanol–water partition coefficient (Wildman–Crippen LogP) is 6.37. The van der Waals surface area contributed by atoms with Gasteiger partial charge in [0.05, 0.1) is 5.56 Å². The van der Waals surface area contributed by atoms with E-state index < -0.39 is 11.7 Å². The first-order valence-corrected chi connectivity index (χ1v) is 9.98. The maximum atomic E-state index is 12.6. The standard InChI is InChI=1S/C14H12F3N5S.C7H11N/c1-7-19-11(10-12(20-7)23-13(18-2)22-10)21-9-5-3-8(4-6-9)14(15,16)17;1-7(2)5-4-6-8-3/h3-6H,1-2H3,(H,18,22)(H,19,20,21);4-6H,3H2,1-2H3/b;6-4-. The van der Waals surface area contributed by atoms with Gasteiger partial charge in [-0.15, -0.1) is 0 Å². The van der Waals surface area contributed by atoms with E-state index in [0.717, 1.165) is 12.1 Å². The number of aliphatic imine (C=N–C) groups is 1. The molecular formula is C21H23F3N6S. The van der Waals surface area contributed by atoms with E-state index in [-0.39, 0.29) is 0 Å². The molecule has 0 radical (unpaired) electrons. The van der Waals surface area contributed by atoms with Crippen molar-refractivity contribution >= 4 is 45.0 Å². The summed E-state index contributed by atoms with van der Waals surface area (Å²) in [7, 11) is 1.75. The number of rotatable bonds is 5. The van der Waals surface area contributed by atoms with Crippen molar-refractivity contribution in [1.82, 2.24) is 15.0 Å². The number of nitrogens with zero attached hydrogens (tertiary/aromatic N) is 4. The van der Waals surface area contributed by atoms with E-state index in [1.54, 1.807) is 20.2 Å². The molecule has 0 saturated heterocycles. The number of allylic oxidation sites excluding steroid dienone is 3. The highest BCUT2D eigenvalue weighted by atomic mass is 32.1. The van der Waals surface area contributed by atoms with Crippen LogP contribution in [-0.4, -0.2) is 28.7 Å². The van der Waals surface area contributed by atoms with Crippen LogP contribution in [0.15, 0.2) is 53.2 Å². The van der Waals surface area contributed by atoms with Crippen molar-refractivity contribution in [3.8, 4) is 0 Å². The van der Waals surface area contributed by atoms with Gasteiger partial charge in [0.2, 0.25) is 0 Å². The molecule has 0 aliphatic heterocycles. The van der Waals surface area contributed by atoms with E-state index in [9.17, 15) is 13.2 Å². The number of benzene rings is 1. The number of hydrogen-bond acceptors (Lipinski definition) is 7. The van der Waals surface area contributed by atoms with E-state index >= 15 is 0 Å². The van der Waals surface area contributed by atoms with Gasteiger partial charge in [-0.1, -0.05) is 23.0 Å². The molecule has 0 spiro atoms. The maximum absolute atomic E-state index is 12.6. The van der Waals surface area contributed by atoms with Crippen molar-refractivity contribution < 1.29 is 13.2 Å². The second-order valence-corrected chi connectivity index (χ2v) is 7.49. The van der Waals surface area contributed by atoms with Crippen LogP contribution in [0.1, 0.15) is 25.2 Å². The Morgan fingerprint density at radius 3 is 2.35 bits per heavy atom. The van der Waals surface area contributed by atoms with Crippen molar-refractivity contribution in [2.45, 2.75) is 26.9 Å². The van der Waals surface area contributed by atoms with E-state index in [2.05, 4.69) is 37.3 Å². The van der Waals surface area contributed by atoms with Crippen LogP contribution in [0.25, 0.3) is 10.3 Å². The van der Waals surface area contributed by atoms with Gasteiger partial charge >= 0.3 is 6.18 Å². The summed E-state index contributed by atoms with van der Waals surface area (Å²) in [5.41, 5.74) is 1.64. The molecule has 0 aliphatic rings. The smallest absolute Gasteiger partial charge is 0.365 e. The second-order valence-electron chi connectivity index (χ2n) is 6.51. The largest absolute Gasteiger partial charge is 0.416 e. The molecule has 3 rings (SSSR count). The summed E-state index contributed by atoms with van der Waals surface area (Å²) in [6.45, 7) is 9.11. The minimum absolute atomic E-state index is 0.463.